The summed E-state index contributed by atoms with van der Waals surface area (Å²) in [6.45, 7) is 4.87. The van der Waals surface area contributed by atoms with E-state index < -0.39 is 0 Å². The molecule has 1 aromatic heterocycles. The molecule has 0 bridgehead atoms. The number of nitrogens with one attached hydrogen (secondary N) is 1. The molecular formula is C16H19N5O3. The molecule has 8 heteroatoms. The van der Waals surface area contributed by atoms with Crippen LogP contribution >= 0.6 is 0 Å². The second-order valence-corrected chi connectivity index (χ2v) is 6.38. The molecule has 0 unspecified atom stereocenters. The molecule has 0 saturated carbocycles. The molecule has 1 N–H and O–H groups in total. The monoisotopic (exact) mass is 329 g/mol. The van der Waals surface area contributed by atoms with Gasteiger partial charge in [-0.15, -0.1) is 5.10 Å². The fourth-order valence-electron chi connectivity index (χ4n) is 3.68. The molecule has 8 nitrogen and oxygen atoms in total. The van der Waals surface area contributed by atoms with Crippen LogP contribution in [0.1, 0.15) is 17.3 Å². The average molecular weight is 329 g/mol. The van der Waals surface area contributed by atoms with Crippen molar-refractivity contribution in [1.82, 2.24) is 25.2 Å². The highest BCUT2D eigenvalue weighted by molar-refractivity contribution is 5.97. The molecule has 2 atom stereocenters. The van der Waals surface area contributed by atoms with Crippen LogP contribution in [-0.4, -0.2) is 70.0 Å². The van der Waals surface area contributed by atoms with Crippen LogP contribution in [0, 0.1) is 11.8 Å². The van der Waals surface area contributed by atoms with Gasteiger partial charge in [-0.05, 0) is 25.1 Å². The van der Waals surface area contributed by atoms with Crippen LogP contribution in [0.5, 0.6) is 0 Å². The van der Waals surface area contributed by atoms with Gasteiger partial charge in [-0.2, -0.15) is 0 Å². The zero-order valence-electron chi connectivity index (χ0n) is 13.4. The maximum absolute atomic E-state index is 12.7. The van der Waals surface area contributed by atoms with Gasteiger partial charge < -0.3 is 14.5 Å². The van der Waals surface area contributed by atoms with Crippen molar-refractivity contribution in [1.29, 1.82) is 0 Å². The van der Waals surface area contributed by atoms with Crippen molar-refractivity contribution < 1.29 is 14.3 Å². The summed E-state index contributed by atoms with van der Waals surface area (Å²) in [5.41, 5.74) is 2.13. The first-order valence-electron chi connectivity index (χ1n) is 8.17. The van der Waals surface area contributed by atoms with Crippen LogP contribution in [0.2, 0.25) is 0 Å². The van der Waals surface area contributed by atoms with Crippen molar-refractivity contribution in [2.45, 2.75) is 6.92 Å². The van der Waals surface area contributed by atoms with E-state index in [1.54, 1.807) is 24.0 Å². The molecule has 2 fully saturated rings. The molecular weight excluding hydrogens is 310 g/mol. The third-order valence-electron chi connectivity index (χ3n) is 4.87. The minimum absolute atomic E-state index is 0.0111. The standard InChI is InChI=1S/C16H19N5O3/c1-2-24-16(23)21-8-11-6-20(7-12(11)9-21)15(22)10-3-4-13-14(5-10)18-19-17-13/h3-5,11-12H,2,6-9H2,1H3,(H,17,18,19)/t11-,12+. The molecule has 0 spiro atoms. The third-order valence-corrected chi connectivity index (χ3v) is 4.87. The molecule has 126 valence electrons. The summed E-state index contributed by atoms with van der Waals surface area (Å²) >= 11 is 0. The van der Waals surface area contributed by atoms with E-state index >= 15 is 0 Å². The van der Waals surface area contributed by atoms with Crippen molar-refractivity contribution in [3.8, 4) is 0 Å². The molecule has 2 saturated heterocycles. The number of aromatic amines is 1. The first-order valence-corrected chi connectivity index (χ1v) is 8.17. The Hall–Kier alpha value is -2.64. The maximum Gasteiger partial charge on any atom is 0.409 e. The van der Waals surface area contributed by atoms with Crippen molar-refractivity contribution >= 4 is 23.0 Å². The van der Waals surface area contributed by atoms with Crippen molar-refractivity contribution in [3.63, 3.8) is 0 Å². The lowest BCUT2D eigenvalue weighted by Crippen LogP contribution is -2.35. The van der Waals surface area contributed by atoms with Gasteiger partial charge in [0, 0.05) is 43.6 Å². The van der Waals surface area contributed by atoms with Crippen LogP contribution < -0.4 is 0 Å². The van der Waals surface area contributed by atoms with Crippen LogP contribution in [0.3, 0.4) is 0 Å². The Labute approximate surface area is 138 Å². The summed E-state index contributed by atoms with van der Waals surface area (Å²) in [6, 6.07) is 5.38. The summed E-state index contributed by atoms with van der Waals surface area (Å²) in [4.78, 5) is 28.2. The van der Waals surface area contributed by atoms with E-state index in [4.69, 9.17) is 4.74 Å². The largest absolute Gasteiger partial charge is 0.450 e. The molecule has 24 heavy (non-hydrogen) atoms. The number of likely N-dealkylation sites (tertiary alicyclic amines) is 2. The molecule has 2 aliphatic rings. The van der Waals surface area contributed by atoms with Gasteiger partial charge in [-0.1, -0.05) is 5.21 Å². The van der Waals surface area contributed by atoms with Crippen molar-refractivity contribution in [2.24, 2.45) is 11.8 Å². The van der Waals surface area contributed by atoms with E-state index in [0.29, 0.717) is 55.7 Å². The molecule has 2 aliphatic heterocycles. The van der Waals surface area contributed by atoms with E-state index in [2.05, 4.69) is 15.4 Å². The van der Waals surface area contributed by atoms with Crippen molar-refractivity contribution in [3.05, 3.63) is 23.8 Å². The number of fused-ring (bicyclic) bond motifs is 2. The number of benzene rings is 1. The summed E-state index contributed by atoms with van der Waals surface area (Å²) in [6.07, 6.45) is -0.249. The fourth-order valence-corrected chi connectivity index (χ4v) is 3.68. The zero-order chi connectivity index (χ0) is 16.7. The Morgan fingerprint density at radius 3 is 2.62 bits per heavy atom. The summed E-state index contributed by atoms with van der Waals surface area (Å²) in [5, 5.41) is 10.5. The van der Waals surface area contributed by atoms with Gasteiger partial charge in [0.05, 0.1) is 12.1 Å². The Balaban J connectivity index is 1.43. The zero-order valence-corrected chi connectivity index (χ0v) is 13.4. The van der Waals surface area contributed by atoms with E-state index in [9.17, 15) is 9.59 Å². The number of nitrogens with zero attached hydrogens (tertiary/aromatic N) is 4. The van der Waals surface area contributed by atoms with E-state index in [1.807, 2.05) is 11.0 Å². The molecule has 3 heterocycles. The Morgan fingerprint density at radius 1 is 1.21 bits per heavy atom. The smallest absolute Gasteiger partial charge is 0.409 e. The normalized spacial score (nSPS) is 22.9. The molecule has 4 rings (SSSR count). The van der Waals surface area contributed by atoms with Gasteiger partial charge in [-0.3, -0.25) is 9.89 Å². The summed E-state index contributed by atoms with van der Waals surface area (Å²) < 4.78 is 5.06. The number of carbonyl (C=O) groups is 2. The second kappa shape index (κ2) is 5.77. The molecule has 1 aromatic carbocycles. The fraction of sp³-hybridized carbons (Fsp3) is 0.500. The molecule has 2 aromatic rings. The third kappa shape index (κ3) is 2.47. The van der Waals surface area contributed by atoms with E-state index in [1.165, 1.54) is 0 Å². The first kappa shape index (κ1) is 14.9. The topological polar surface area (TPSA) is 91.4 Å². The number of carbonyl (C=O) groups excluding carboxylic acids is 2. The summed E-state index contributed by atoms with van der Waals surface area (Å²) in [7, 11) is 0. The second-order valence-electron chi connectivity index (χ2n) is 6.38. The van der Waals surface area contributed by atoms with Crippen molar-refractivity contribution in [2.75, 3.05) is 32.8 Å². The predicted octanol–water partition coefficient (Wildman–Crippen LogP) is 1.12. The summed E-state index contributed by atoms with van der Waals surface area (Å²) in [5.74, 6) is 0.667. The number of rotatable bonds is 2. The van der Waals surface area contributed by atoms with Crippen LogP contribution in [0.4, 0.5) is 4.79 Å². The predicted molar refractivity (Wildman–Crippen MR) is 85.4 cm³/mol. The molecule has 0 radical (unpaired) electrons. The lowest BCUT2D eigenvalue weighted by molar-refractivity contribution is 0.0769. The number of H-pyrrole nitrogens is 1. The number of hydrogen-bond acceptors (Lipinski definition) is 5. The minimum atomic E-state index is -0.249. The number of ether oxygens (including phenoxy) is 1. The average Bonchev–Trinajstić information content (AvgIpc) is 3.27. The van der Waals surface area contributed by atoms with Gasteiger partial charge >= 0.3 is 6.09 Å². The SMILES string of the molecule is CCOC(=O)N1C[C@@H]2CN(C(=O)c3ccc4[nH]nnc4c3)C[C@@H]2C1. The van der Waals surface area contributed by atoms with Crippen LogP contribution in [0.15, 0.2) is 18.2 Å². The Morgan fingerprint density at radius 2 is 1.92 bits per heavy atom. The first-order chi connectivity index (χ1) is 11.7. The van der Waals surface area contributed by atoms with E-state index in [-0.39, 0.29) is 12.0 Å². The number of hydrogen-bond donors (Lipinski definition) is 1. The van der Waals surface area contributed by atoms with Gasteiger partial charge in [-0.25, -0.2) is 4.79 Å². The minimum Gasteiger partial charge on any atom is -0.450 e. The molecule has 0 aliphatic carbocycles. The highest BCUT2D eigenvalue weighted by Crippen LogP contribution is 2.32. The maximum atomic E-state index is 12.7. The molecule has 2 amide bonds. The Kier molecular flexibility index (Phi) is 3.59. The van der Waals surface area contributed by atoms with Gasteiger partial charge in [0.25, 0.3) is 5.91 Å². The lowest BCUT2D eigenvalue weighted by Gasteiger charge is -2.21. The van der Waals surface area contributed by atoms with Gasteiger partial charge in [0.1, 0.15) is 5.52 Å². The number of aromatic nitrogens is 3. The van der Waals surface area contributed by atoms with Crippen LogP contribution in [-0.2, 0) is 4.74 Å². The Bertz CT molecular complexity index is 775. The highest BCUT2D eigenvalue weighted by Gasteiger charge is 2.43. The van der Waals surface area contributed by atoms with Crippen LogP contribution in [0.25, 0.3) is 11.0 Å². The lowest BCUT2D eigenvalue weighted by atomic mass is 10.0. The van der Waals surface area contributed by atoms with Gasteiger partial charge in [0.15, 0.2) is 0 Å². The van der Waals surface area contributed by atoms with E-state index in [0.717, 1.165) is 5.52 Å². The van der Waals surface area contributed by atoms with Gasteiger partial charge in [0.2, 0.25) is 0 Å². The number of amides is 2. The quantitative estimate of drug-likeness (QED) is 0.891. The highest BCUT2D eigenvalue weighted by atomic mass is 16.6.